The fourth-order valence-corrected chi connectivity index (χ4v) is 3.36. The Morgan fingerprint density at radius 3 is 2.24 bits per heavy atom. The van der Waals surface area contributed by atoms with Gasteiger partial charge in [0.2, 0.25) is 5.91 Å². The summed E-state index contributed by atoms with van der Waals surface area (Å²) >= 11 is 1.45. The van der Waals surface area contributed by atoms with Gasteiger partial charge < -0.3 is 14.8 Å². The molecular formula is C25H25N3O4S. The van der Waals surface area contributed by atoms with E-state index in [1.54, 1.807) is 61.9 Å². The number of hydrogen-bond donors (Lipinski definition) is 2. The molecule has 0 aromatic heterocycles. The Labute approximate surface area is 197 Å². The largest absolute Gasteiger partial charge is 0.497 e. The molecule has 7 nitrogen and oxygen atoms in total. The van der Waals surface area contributed by atoms with Crippen molar-refractivity contribution in [1.82, 2.24) is 5.43 Å². The lowest BCUT2D eigenvalue weighted by atomic mass is 10.2. The van der Waals surface area contributed by atoms with Crippen LogP contribution in [0.5, 0.6) is 11.5 Å². The number of carbonyl (C=O) groups is 2. The molecule has 0 aliphatic rings. The first-order chi connectivity index (χ1) is 16.0. The first-order valence-corrected chi connectivity index (χ1v) is 11.2. The van der Waals surface area contributed by atoms with Gasteiger partial charge in [-0.2, -0.15) is 5.10 Å². The number of nitrogens with zero attached hydrogens (tertiary/aromatic N) is 1. The maximum Gasteiger partial charge on any atom is 0.262 e. The Morgan fingerprint density at radius 2 is 1.58 bits per heavy atom. The average Bonchev–Trinajstić information content (AvgIpc) is 2.84. The predicted octanol–water partition coefficient (Wildman–Crippen LogP) is 4.26. The van der Waals surface area contributed by atoms with Crippen LogP contribution in [-0.4, -0.2) is 37.5 Å². The standard InChI is InChI=1S/C25H25N3O4S/c1-18-3-13-23(14-4-18)33-17-25(30)28-26-15-19-5-9-22(10-6-19)32-16-24(29)27-20-7-11-21(31-2)12-8-20/h3-15H,16-17H2,1-2H3,(H,27,29)(H,28,30)/b26-15-. The Balaban J connectivity index is 1.38. The molecule has 33 heavy (non-hydrogen) atoms. The lowest BCUT2D eigenvalue weighted by molar-refractivity contribution is -0.119. The van der Waals surface area contributed by atoms with Crippen molar-refractivity contribution in [1.29, 1.82) is 0 Å². The smallest absolute Gasteiger partial charge is 0.262 e. The number of aryl methyl sites for hydroxylation is 1. The molecule has 170 valence electrons. The number of hydrazone groups is 1. The summed E-state index contributed by atoms with van der Waals surface area (Å²) in [6, 6.07) is 22.1. The summed E-state index contributed by atoms with van der Waals surface area (Å²) in [5.74, 6) is 1.10. The molecule has 0 spiro atoms. The number of anilines is 1. The van der Waals surface area contributed by atoms with Gasteiger partial charge in [0.05, 0.1) is 19.1 Å². The first kappa shape index (κ1) is 23.9. The van der Waals surface area contributed by atoms with Gasteiger partial charge in [0.15, 0.2) is 6.61 Å². The van der Waals surface area contributed by atoms with Gasteiger partial charge in [-0.05, 0) is 73.2 Å². The predicted molar refractivity (Wildman–Crippen MR) is 131 cm³/mol. The van der Waals surface area contributed by atoms with Crippen LogP contribution in [0.4, 0.5) is 5.69 Å². The van der Waals surface area contributed by atoms with Crippen molar-refractivity contribution in [3.8, 4) is 11.5 Å². The minimum absolute atomic E-state index is 0.117. The van der Waals surface area contributed by atoms with E-state index in [1.165, 1.54) is 17.3 Å². The maximum absolute atomic E-state index is 12.0. The maximum atomic E-state index is 12.0. The second-order valence-electron chi connectivity index (χ2n) is 7.03. The zero-order valence-electron chi connectivity index (χ0n) is 18.4. The molecule has 0 atom stereocenters. The number of amides is 2. The molecular weight excluding hydrogens is 438 g/mol. The van der Waals surface area contributed by atoms with Gasteiger partial charge in [-0.3, -0.25) is 9.59 Å². The number of thioether (sulfide) groups is 1. The molecule has 0 heterocycles. The molecule has 0 saturated carbocycles. The van der Waals surface area contributed by atoms with Crippen LogP contribution in [0.3, 0.4) is 0 Å². The minimum atomic E-state index is -0.267. The molecule has 0 saturated heterocycles. The van der Waals surface area contributed by atoms with E-state index in [1.807, 2.05) is 31.2 Å². The summed E-state index contributed by atoms with van der Waals surface area (Å²) in [4.78, 5) is 25.0. The van der Waals surface area contributed by atoms with Crippen LogP contribution in [0.2, 0.25) is 0 Å². The van der Waals surface area contributed by atoms with E-state index in [2.05, 4.69) is 15.8 Å². The minimum Gasteiger partial charge on any atom is -0.497 e. The third-order valence-corrected chi connectivity index (χ3v) is 5.43. The Bertz CT molecular complexity index is 1080. The molecule has 0 radical (unpaired) electrons. The van der Waals surface area contributed by atoms with Crippen LogP contribution in [0.15, 0.2) is 82.8 Å². The Kier molecular flexibility index (Phi) is 8.90. The first-order valence-electron chi connectivity index (χ1n) is 10.2. The fraction of sp³-hybridized carbons (Fsp3) is 0.160. The second kappa shape index (κ2) is 12.3. The van der Waals surface area contributed by atoms with E-state index in [0.29, 0.717) is 17.2 Å². The van der Waals surface area contributed by atoms with Crippen molar-refractivity contribution in [3.05, 3.63) is 83.9 Å². The molecule has 0 unspecified atom stereocenters. The molecule has 8 heteroatoms. The van der Waals surface area contributed by atoms with Crippen LogP contribution >= 0.6 is 11.8 Å². The van der Waals surface area contributed by atoms with E-state index < -0.39 is 0 Å². The van der Waals surface area contributed by atoms with Crippen LogP contribution in [0.1, 0.15) is 11.1 Å². The number of carbonyl (C=O) groups excluding carboxylic acids is 2. The normalized spacial score (nSPS) is 10.6. The van der Waals surface area contributed by atoms with Gasteiger partial charge >= 0.3 is 0 Å². The quantitative estimate of drug-likeness (QED) is 0.266. The van der Waals surface area contributed by atoms with Crippen molar-refractivity contribution in [3.63, 3.8) is 0 Å². The van der Waals surface area contributed by atoms with Crippen molar-refractivity contribution in [2.75, 3.05) is 24.8 Å². The molecule has 2 amide bonds. The van der Waals surface area contributed by atoms with Gasteiger partial charge in [0.1, 0.15) is 11.5 Å². The zero-order valence-corrected chi connectivity index (χ0v) is 19.2. The lowest BCUT2D eigenvalue weighted by Gasteiger charge is -2.08. The number of nitrogens with one attached hydrogen (secondary N) is 2. The SMILES string of the molecule is COc1ccc(NC(=O)COc2ccc(/C=N\NC(=O)CSc3ccc(C)cc3)cc2)cc1. The Hall–Kier alpha value is -3.78. The highest BCUT2D eigenvalue weighted by atomic mass is 32.2. The summed E-state index contributed by atoms with van der Waals surface area (Å²) in [6.45, 7) is 1.91. The summed E-state index contributed by atoms with van der Waals surface area (Å²) in [6.07, 6.45) is 1.55. The van der Waals surface area contributed by atoms with Crippen LogP contribution in [0.25, 0.3) is 0 Å². The van der Waals surface area contributed by atoms with Gasteiger partial charge in [-0.25, -0.2) is 5.43 Å². The average molecular weight is 464 g/mol. The van der Waals surface area contributed by atoms with Gasteiger partial charge in [-0.15, -0.1) is 11.8 Å². The molecule has 0 aliphatic heterocycles. The van der Waals surface area contributed by atoms with Crippen molar-refractivity contribution in [2.45, 2.75) is 11.8 Å². The van der Waals surface area contributed by atoms with Crippen LogP contribution in [0, 0.1) is 6.92 Å². The summed E-state index contributed by atoms with van der Waals surface area (Å²) < 4.78 is 10.6. The lowest BCUT2D eigenvalue weighted by Crippen LogP contribution is -2.20. The highest BCUT2D eigenvalue weighted by Crippen LogP contribution is 2.18. The number of ether oxygens (including phenoxy) is 2. The molecule has 0 aliphatic carbocycles. The van der Waals surface area contributed by atoms with E-state index in [-0.39, 0.29) is 24.2 Å². The van der Waals surface area contributed by atoms with Gasteiger partial charge in [0.25, 0.3) is 5.91 Å². The summed E-state index contributed by atoms with van der Waals surface area (Å²) in [5.41, 5.74) is 5.15. The summed E-state index contributed by atoms with van der Waals surface area (Å²) in [7, 11) is 1.58. The molecule has 3 aromatic carbocycles. The van der Waals surface area contributed by atoms with Crippen molar-refractivity contribution in [2.24, 2.45) is 5.10 Å². The Morgan fingerprint density at radius 1 is 0.909 bits per heavy atom. The number of hydrogen-bond acceptors (Lipinski definition) is 6. The fourth-order valence-electron chi connectivity index (χ4n) is 2.66. The molecule has 0 fully saturated rings. The van der Waals surface area contributed by atoms with Crippen molar-refractivity contribution < 1.29 is 19.1 Å². The topological polar surface area (TPSA) is 89.0 Å². The van der Waals surface area contributed by atoms with Gasteiger partial charge in [-0.1, -0.05) is 17.7 Å². The van der Waals surface area contributed by atoms with E-state index >= 15 is 0 Å². The molecule has 3 aromatic rings. The third-order valence-electron chi connectivity index (χ3n) is 4.42. The second-order valence-corrected chi connectivity index (χ2v) is 8.08. The third kappa shape index (κ3) is 8.34. The number of methoxy groups -OCH3 is 1. The van der Waals surface area contributed by atoms with Gasteiger partial charge in [0, 0.05) is 10.6 Å². The van der Waals surface area contributed by atoms with Crippen molar-refractivity contribution >= 4 is 35.5 Å². The van der Waals surface area contributed by atoms with E-state index in [0.717, 1.165) is 10.5 Å². The summed E-state index contributed by atoms with van der Waals surface area (Å²) in [5, 5.41) is 6.73. The number of rotatable bonds is 10. The molecule has 2 N–H and O–H groups in total. The van der Waals surface area contributed by atoms with Crippen LogP contribution < -0.4 is 20.2 Å². The van der Waals surface area contributed by atoms with E-state index in [9.17, 15) is 9.59 Å². The number of benzene rings is 3. The van der Waals surface area contributed by atoms with Crippen LogP contribution in [-0.2, 0) is 9.59 Å². The highest BCUT2D eigenvalue weighted by Gasteiger charge is 2.05. The molecule has 0 bridgehead atoms. The highest BCUT2D eigenvalue weighted by molar-refractivity contribution is 8.00. The zero-order chi connectivity index (χ0) is 23.5. The monoisotopic (exact) mass is 463 g/mol. The molecule has 3 rings (SSSR count). The van der Waals surface area contributed by atoms with E-state index in [4.69, 9.17) is 9.47 Å².